The van der Waals surface area contributed by atoms with E-state index in [4.69, 9.17) is 27.9 Å². The van der Waals surface area contributed by atoms with Crippen LogP contribution in [0.25, 0.3) is 0 Å². The summed E-state index contributed by atoms with van der Waals surface area (Å²) in [6.07, 6.45) is -2.48. The SMILES string of the molecule is O=C1O[C@H]([C@H](O)c2cccc([N+](=O)[O-])c2)C(Cl)=C1Cl. The third-order valence-corrected chi connectivity index (χ3v) is 3.44. The maximum Gasteiger partial charge on any atom is 0.351 e. The fraction of sp³-hybridized carbons (Fsp3) is 0.182. The molecule has 0 radical (unpaired) electrons. The number of aliphatic hydroxyl groups is 1. The van der Waals surface area contributed by atoms with E-state index in [9.17, 15) is 20.0 Å². The molecule has 1 heterocycles. The number of esters is 1. The highest BCUT2D eigenvalue weighted by molar-refractivity contribution is 6.48. The smallest absolute Gasteiger partial charge is 0.351 e. The van der Waals surface area contributed by atoms with Gasteiger partial charge in [0.1, 0.15) is 11.1 Å². The summed E-state index contributed by atoms with van der Waals surface area (Å²) >= 11 is 11.4. The molecule has 1 N–H and O–H groups in total. The number of cyclic esters (lactones) is 1. The molecule has 1 aromatic rings. The number of hydrogen-bond acceptors (Lipinski definition) is 5. The molecule has 2 rings (SSSR count). The van der Waals surface area contributed by atoms with Crippen LogP contribution in [-0.2, 0) is 9.53 Å². The van der Waals surface area contributed by atoms with E-state index in [-0.39, 0.29) is 21.3 Å². The second kappa shape index (κ2) is 5.16. The zero-order valence-corrected chi connectivity index (χ0v) is 10.8. The van der Waals surface area contributed by atoms with Gasteiger partial charge in [0.15, 0.2) is 6.10 Å². The Morgan fingerprint density at radius 2 is 2.11 bits per heavy atom. The molecular formula is C11H7Cl2NO5. The monoisotopic (exact) mass is 303 g/mol. The molecule has 19 heavy (non-hydrogen) atoms. The quantitative estimate of drug-likeness (QED) is 0.525. The van der Waals surface area contributed by atoms with Gasteiger partial charge in [-0.25, -0.2) is 4.79 Å². The zero-order valence-electron chi connectivity index (χ0n) is 9.25. The van der Waals surface area contributed by atoms with E-state index in [0.29, 0.717) is 0 Å². The summed E-state index contributed by atoms with van der Waals surface area (Å²) in [6, 6.07) is 5.32. The lowest BCUT2D eigenvalue weighted by Gasteiger charge is -2.17. The van der Waals surface area contributed by atoms with Gasteiger partial charge in [-0.15, -0.1) is 0 Å². The van der Waals surface area contributed by atoms with Crippen LogP contribution < -0.4 is 0 Å². The number of aliphatic hydroxyl groups excluding tert-OH is 1. The van der Waals surface area contributed by atoms with E-state index >= 15 is 0 Å². The van der Waals surface area contributed by atoms with Gasteiger partial charge in [-0.3, -0.25) is 10.1 Å². The number of halogens is 2. The molecule has 0 bridgehead atoms. The van der Waals surface area contributed by atoms with E-state index < -0.39 is 23.1 Å². The van der Waals surface area contributed by atoms with Gasteiger partial charge in [-0.2, -0.15) is 0 Å². The predicted molar refractivity (Wildman–Crippen MR) is 66.7 cm³/mol. The lowest BCUT2D eigenvalue weighted by atomic mass is 10.0. The summed E-state index contributed by atoms with van der Waals surface area (Å²) in [7, 11) is 0. The molecule has 8 heteroatoms. The predicted octanol–water partition coefficient (Wildman–Crippen LogP) is 2.24. The number of nitro groups is 1. The van der Waals surface area contributed by atoms with Gasteiger partial charge in [0.25, 0.3) is 5.69 Å². The minimum absolute atomic E-state index is 0.120. The van der Waals surface area contributed by atoms with Crippen molar-refractivity contribution in [1.82, 2.24) is 0 Å². The summed E-state index contributed by atoms with van der Waals surface area (Å²) in [6.45, 7) is 0. The summed E-state index contributed by atoms with van der Waals surface area (Å²) in [5.74, 6) is -0.832. The van der Waals surface area contributed by atoms with Crippen molar-refractivity contribution in [1.29, 1.82) is 0 Å². The van der Waals surface area contributed by atoms with Crippen LogP contribution in [0.3, 0.4) is 0 Å². The van der Waals surface area contributed by atoms with Gasteiger partial charge in [0, 0.05) is 12.1 Å². The van der Waals surface area contributed by atoms with Crippen molar-refractivity contribution in [2.75, 3.05) is 0 Å². The van der Waals surface area contributed by atoms with Gasteiger partial charge >= 0.3 is 5.97 Å². The number of carbonyl (C=O) groups is 1. The molecule has 0 aliphatic carbocycles. The van der Waals surface area contributed by atoms with Crippen molar-refractivity contribution in [3.8, 4) is 0 Å². The van der Waals surface area contributed by atoms with Gasteiger partial charge in [0.05, 0.1) is 9.96 Å². The number of hydrogen-bond donors (Lipinski definition) is 1. The molecule has 0 fully saturated rings. The molecule has 0 amide bonds. The Bertz CT molecular complexity index is 586. The normalized spacial score (nSPS) is 20.4. The molecular weight excluding hydrogens is 297 g/mol. The molecule has 0 unspecified atom stereocenters. The minimum atomic E-state index is -1.33. The van der Waals surface area contributed by atoms with Crippen LogP contribution >= 0.6 is 23.2 Å². The second-order valence-corrected chi connectivity index (χ2v) is 4.57. The highest BCUT2D eigenvalue weighted by Gasteiger charge is 2.38. The fourth-order valence-corrected chi connectivity index (χ4v) is 2.03. The molecule has 1 aromatic carbocycles. The first-order valence-electron chi connectivity index (χ1n) is 5.10. The number of non-ortho nitro benzene ring substituents is 1. The Morgan fingerprint density at radius 3 is 2.63 bits per heavy atom. The van der Waals surface area contributed by atoms with Gasteiger partial charge < -0.3 is 9.84 Å². The maximum atomic E-state index is 11.2. The van der Waals surface area contributed by atoms with Crippen LogP contribution in [0.15, 0.2) is 34.3 Å². The van der Waals surface area contributed by atoms with Crippen LogP contribution in [-0.4, -0.2) is 22.1 Å². The minimum Gasteiger partial charge on any atom is -0.449 e. The highest BCUT2D eigenvalue weighted by Crippen LogP contribution is 2.36. The maximum absolute atomic E-state index is 11.2. The molecule has 100 valence electrons. The molecule has 0 spiro atoms. The Kier molecular flexibility index (Phi) is 3.75. The van der Waals surface area contributed by atoms with Crippen molar-refractivity contribution in [2.45, 2.75) is 12.2 Å². The number of rotatable bonds is 3. The summed E-state index contributed by atoms with van der Waals surface area (Å²) in [5, 5.41) is 20.3. The number of carbonyl (C=O) groups excluding carboxylic acids is 1. The van der Waals surface area contributed by atoms with E-state index in [0.717, 1.165) is 0 Å². The molecule has 0 saturated carbocycles. The van der Waals surface area contributed by atoms with E-state index in [2.05, 4.69) is 0 Å². The third-order valence-electron chi connectivity index (χ3n) is 2.58. The first-order chi connectivity index (χ1) is 8.91. The zero-order chi connectivity index (χ0) is 14.2. The lowest BCUT2D eigenvalue weighted by Crippen LogP contribution is -2.20. The van der Waals surface area contributed by atoms with Gasteiger partial charge in [-0.05, 0) is 5.56 Å². The van der Waals surface area contributed by atoms with Crippen LogP contribution in [0.5, 0.6) is 0 Å². The van der Waals surface area contributed by atoms with Crippen molar-refractivity contribution < 1.29 is 19.6 Å². The molecule has 2 atom stereocenters. The number of benzene rings is 1. The van der Waals surface area contributed by atoms with Gasteiger partial charge in [0.2, 0.25) is 0 Å². The van der Waals surface area contributed by atoms with E-state index in [1.54, 1.807) is 0 Å². The highest BCUT2D eigenvalue weighted by atomic mass is 35.5. The van der Waals surface area contributed by atoms with E-state index in [1.165, 1.54) is 24.3 Å². The summed E-state index contributed by atoms with van der Waals surface area (Å²) in [4.78, 5) is 21.2. The third kappa shape index (κ3) is 2.56. The fourth-order valence-electron chi connectivity index (χ4n) is 1.64. The molecule has 6 nitrogen and oxygen atoms in total. The number of nitrogens with zero attached hydrogens (tertiary/aromatic N) is 1. The first kappa shape index (κ1) is 13.8. The summed E-state index contributed by atoms with van der Waals surface area (Å²) in [5.41, 5.74) is 0.0172. The number of nitro benzene ring substituents is 1. The van der Waals surface area contributed by atoms with Crippen LogP contribution in [0.4, 0.5) is 5.69 Å². The Hall–Kier alpha value is -1.63. The number of ether oxygens (including phenoxy) is 1. The van der Waals surface area contributed by atoms with Crippen molar-refractivity contribution >= 4 is 34.9 Å². The molecule has 1 aliphatic rings. The van der Waals surface area contributed by atoms with E-state index in [1.807, 2.05) is 0 Å². The largest absolute Gasteiger partial charge is 0.449 e. The average Bonchev–Trinajstić information content (AvgIpc) is 2.66. The van der Waals surface area contributed by atoms with Crippen molar-refractivity contribution in [3.05, 3.63) is 50.0 Å². The molecule has 0 aromatic heterocycles. The van der Waals surface area contributed by atoms with Gasteiger partial charge in [-0.1, -0.05) is 35.3 Å². The van der Waals surface area contributed by atoms with Crippen LogP contribution in [0, 0.1) is 10.1 Å². The van der Waals surface area contributed by atoms with Crippen molar-refractivity contribution in [3.63, 3.8) is 0 Å². The molecule has 1 aliphatic heterocycles. The first-order valence-corrected chi connectivity index (χ1v) is 5.86. The van der Waals surface area contributed by atoms with Crippen molar-refractivity contribution in [2.24, 2.45) is 0 Å². The van der Waals surface area contributed by atoms with Crippen LogP contribution in [0.2, 0.25) is 0 Å². The molecule has 0 saturated heterocycles. The Labute approximate surface area is 117 Å². The Morgan fingerprint density at radius 1 is 1.42 bits per heavy atom. The average molecular weight is 304 g/mol. The van der Waals surface area contributed by atoms with Crippen LogP contribution in [0.1, 0.15) is 11.7 Å². The lowest BCUT2D eigenvalue weighted by molar-refractivity contribution is -0.385. The second-order valence-electron chi connectivity index (χ2n) is 3.78. The topological polar surface area (TPSA) is 89.7 Å². The standard InChI is InChI=1S/C11H7Cl2NO5/c12-7-8(13)11(16)19-10(7)9(15)5-2-1-3-6(4-5)14(17)18/h1-4,9-10,15H/t9-,10+/m1/s1. The summed E-state index contributed by atoms with van der Waals surface area (Å²) < 4.78 is 4.81. The Balaban J connectivity index is 2.31.